The van der Waals surface area contributed by atoms with Gasteiger partial charge in [0.15, 0.2) is 0 Å². The number of likely N-dealkylation sites (N-methyl/N-ethyl adjacent to an activating group) is 1. The zero-order valence-corrected chi connectivity index (χ0v) is 11.7. The van der Waals surface area contributed by atoms with Crippen molar-refractivity contribution in [1.82, 2.24) is 25.2 Å². The Morgan fingerprint density at radius 1 is 1.39 bits per heavy atom. The lowest BCUT2D eigenvalue weighted by molar-refractivity contribution is 0.120. The van der Waals surface area contributed by atoms with Crippen LogP contribution in [0.15, 0.2) is 6.20 Å². The van der Waals surface area contributed by atoms with Crippen molar-refractivity contribution in [2.24, 2.45) is 0 Å². The molecule has 0 bridgehead atoms. The van der Waals surface area contributed by atoms with Crippen molar-refractivity contribution in [2.75, 3.05) is 39.9 Å². The van der Waals surface area contributed by atoms with Crippen molar-refractivity contribution < 1.29 is 4.74 Å². The van der Waals surface area contributed by atoms with Crippen molar-refractivity contribution in [3.05, 3.63) is 11.9 Å². The third kappa shape index (κ3) is 6.09. The fraction of sp³-hybridized carbons (Fsp3) is 0.833. The first kappa shape index (κ1) is 15.1. The molecule has 0 aliphatic rings. The molecule has 18 heavy (non-hydrogen) atoms. The second kappa shape index (κ2) is 9.02. The van der Waals surface area contributed by atoms with Crippen LogP contribution in [0.3, 0.4) is 0 Å². The fourth-order valence-corrected chi connectivity index (χ4v) is 1.53. The fourth-order valence-electron chi connectivity index (χ4n) is 1.53. The lowest BCUT2D eigenvalue weighted by atomic mass is 10.4. The van der Waals surface area contributed by atoms with E-state index in [1.165, 1.54) is 0 Å². The molecule has 0 aliphatic heterocycles. The molecule has 1 N–H and O–H groups in total. The van der Waals surface area contributed by atoms with E-state index in [4.69, 9.17) is 4.74 Å². The Balaban J connectivity index is 2.19. The Morgan fingerprint density at radius 3 is 2.94 bits per heavy atom. The van der Waals surface area contributed by atoms with Gasteiger partial charge in [0.25, 0.3) is 0 Å². The molecule has 0 aliphatic carbocycles. The quantitative estimate of drug-likeness (QED) is 0.612. The average Bonchev–Trinajstić information content (AvgIpc) is 2.82. The standard InChI is InChI=1S/C12H25N5O/c1-4-13-10-12-11-17(15-14-12)7-6-16(3)8-9-18-5-2/h11,13H,4-10H2,1-3H3. The van der Waals surface area contributed by atoms with E-state index in [0.717, 1.165) is 51.6 Å². The first-order valence-corrected chi connectivity index (χ1v) is 6.62. The topological polar surface area (TPSA) is 55.2 Å². The Labute approximate surface area is 109 Å². The Bertz CT molecular complexity index is 315. The van der Waals surface area contributed by atoms with Crippen LogP contribution >= 0.6 is 0 Å². The number of ether oxygens (including phenoxy) is 1. The SMILES string of the molecule is CCNCc1cn(CCN(C)CCOCC)nn1. The lowest BCUT2D eigenvalue weighted by Crippen LogP contribution is -2.27. The molecule has 0 saturated heterocycles. The molecule has 0 aromatic carbocycles. The molecule has 6 heteroatoms. The average molecular weight is 255 g/mol. The molecule has 0 atom stereocenters. The van der Waals surface area contributed by atoms with Gasteiger partial charge >= 0.3 is 0 Å². The van der Waals surface area contributed by atoms with Crippen molar-refractivity contribution in [3.8, 4) is 0 Å². The Hall–Kier alpha value is -0.980. The highest BCUT2D eigenvalue weighted by atomic mass is 16.5. The van der Waals surface area contributed by atoms with Crippen molar-refractivity contribution in [3.63, 3.8) is 0 Å². The predicted octanol–water partition coefficient (Wildman–Crippen LogP) is 0.356. The van der Waals surface area contributed by atoms with Crippen molar-refractivity contribution in [1.29, 1.82) is 0 Å². The van der Waals surface area contributed by atoms with Gasteiger partial charge in [0.05, 0.1) is 18.8 Å². The summed E-state index contributed by atoms with van der Waals surface area (Å²) in [6.07, 6.45) is 2.00. The third-order valence-electron chi connectivity index (χ3n) is 2.67. The van der Waals surface area contributed by atoms with Gasteiger partial charge in [0.1, 0.15) is 0 Å². The van der Waals surface area contributed by atoms with Gasteiger partial charge in [-0.1, -0.05) is 12.1 Å². The number of nitrogens with zero attached hydrogens (tertiary/aromatic N) is 4. The molecule has 1 aromatic rings. The molecule has 1 aromatic heterocycles. The predicted molar refractivity (Wildman–Crippen MR) is 71.4 cm³/mol. The van der Waals surface area contributed by atoms with Gasteiger partial charge in [0, 0.05) is 32.4 Å². The third-order valence-corrected chi connectivity index (χ3v) is 2.67. The lowest BCUT2D eigenvalue weighted by Gasteiger charge is -2.15. The van der Waals surface area contributed by atoms with Crippen molar-refractivity contribution >= 4 is 0 Å². The number of rotatable bonds is 10. The van der Waals surface area contributed by atoms with Crippen LogP contribution in [0.25, 0.3) is 0 Å². The molecule has 0 saturated carbocycles. The highest BCUT2D eigenvalue weighted by Gasteiger charge is 2.02. The summed E-state index contributed by atoms with van der Waals surface area (Å²) in [6.45, 7) is 10.2. The zero-order chi connectivity index (χ0) is 13.2. The molecular weight excluding hydrogens is 230 g/mol. The smallest absolute Gasteiger partial charge is 0.0964 e. The van der Waals surface area contributed by atoms with E-state index in [-0.39, 0.29) is 0 Å². The van der Waals surface area contributed by atoms with Crippen LogP contribution in [0.5, 0.6) is 0 Å². The number of nitrogens with one attached hydrogen (secondary N) is 1. The Kier molecular flexibility index (Phi) is 7.55. The van der Waals surface area contributed by atoms with E-state index in [2.05, 4.69) is 34.5 Å². The van der Waals surface area contributed by atoms with Gasteiger partial charge < -0.3 is 15.0 Å². The molecule has 0 amide bonds. The second-order valence-corrected chi connectivity index (χ2v) is 4.25. The van der Waals surface area contributed by atoms with Crippen LogP contribution in [0, 0.1) is 0 Å². The van der Waals surface area contributed by atoms with Crippen LogP contribution in [0.1, 0.15) is 19.5 Å². The molecule has 104 valence electrons. The van der Waals surface area contributed by atoms with E-state index in [0.29, 0.717) is 0 Å². The maximum Gasteiger partial charge on any atom is 0.0964 e. The molecular formula is C12H25N5O. The molecule has 1 rings (SSSR count). The summed E-state index contributed by atoms with van der Waals surface area (Å²) in [7, 11) is 2.09. The number of hydrogen-bond acceptors (Lipinski definition) is 5. The van der Waals surface area contributed by atoms with E-state index in [1.54, 1.807) is 0 Å². The minimum atomic E-state index is 0.782. The van der Waals surface area contributed by atoms with Gasteiger partial charge in [0.2, 0.25) is 0 Å². The summed E-state index contributed by atoms with van der Waals surface area (Å²) in [5.41, 5.74) is 0.994. The maximum absolute atomic E-state index is 5.32. The van der Waals surface area contributed by atoms with Crippen LogP contribution < -0.4 is 5.32 Å². The van der Waals surface area contributed by atoms with Crippen LogP contribution in [-0.2, 0) is 17.8 Å². The van der Waals surface area contributed by atoms with Gasteiger partial charge in [-0.15, -0.1) is 5.10 Å². The van der Waals surface area contributed by atoms with Gasteiger partial charge in [-0.25, -0.2) is 0 Å². The van der Waals surface area contributed by atoms with E-state index in [1.807, 2.05) is 17.8 Å². The summed E-state index contributed by atoms with van der Waals surface area (Å²) in [5.74, 6) is 0. The monoisotopic (exact) mass is 255 g/mol. The zero-order valence-electron chi connectivity index (χ0n) is 11.7. The molecule has 0 unspecified atom stereocenters. The highest BCUT2D eigenvalue weighted by molar-refractivity contribution is 4.91. The van der Waals surface area contributed by atoms with Gasteiger partial charge in [-0.05, 0) is 20.5 Å². The maximum atomic E-state index is 5.32. The van der Waals surface area contributed by atoms with Crippen LogP contribution in [-0.4, -0.2) is 59.8 Å². The highest BCUT2D eigenvalue weighted by Crippen LogP contribution is 1.93. The van der Waals surface area contributed by atoms with Crippen molar-refractivity contribution in [2.45, 2.75) is 26.9 Å². The first-order chi connectivity index (χ1) is 8.76. The first-order valence-electron chi connectivity index (χ1n) is 6.62. The van der Waals surface area contributed by atoms with Crippen LogP contribution in [0.2, 0.25) is 0 Å². The molecule has 0 spiro atoms. The normalized spacial score (nSPS) is 11.3. The summed E-state index contributed by atoms with van der Waals surface area (Å²) in [6, 6.07) is 0. The van der Waals surface area contributed by atoms with E-state index >= 15 is 0 Å². The number of hydrogen-bond donors (Lipinski definition) is 1. The summed E-state index contributed by atoms with van der Waals surface area (Å²) < 4.78 is 7.21. The molecule has 0 radical (unpaired) electrons. The largest absolute Gasteiger partial charge is 0.380 e. The molecule has 1 heterocycles. The van der Waals surface area contributed by atoms with Crippen LogP contribution in [0.4, 0.5) is 0 Å². The van der Waals surface area contributed by atoms with E-state index in [9.17, 15) is 0 Å². The minimum Gasteiger partial charge on any atom is -0.380 e. The van der Waals surface area contributed by atoms with E-state index < -0.39 is 0 Å². The van der Waals surface area contributed by atoms with Gasteiger partial charge in [-0.2, -0.15) is 0 Å². The Morgan fingerprint density at radius 2 is 2.22 bits per heavy atom. The van der Waals surface area contributed by atoms with Gasteiger partial charge in [-0.3, -0.25) is 4.68 Å². The summed E-state index contributed by atoms with van der Waals surface area (Å²) in [4.78, 5) is 2.24. The summed E-state index contributed by atoms with van der Waals surface area (Å²) >= 11 is 0. The second-order valence-electron chi connectivity index (χ2n) is 4.25. The number of aromatic nitrogens is 3. The minimum absolute atomic E-state index is 0.782. The molecule has 0 fully saturated rings. The summed E-state index contributed by atoms with van der Waals surface area (Å²) in [5, 5.41) is 11.5. The molecule has 6 nitrogen and oxygen atoms in total.